The number of nitrogens with zero attached hydrogens (tertiary/aromatic N) is 2. The highest BCUT2D eigenvalue weighted by molar-refractivity contribution is 7.98. The number of hydrazine groups is 1. The van der Waals surface area contributed by atoms with Gasteiger partial charge in [-0.3, -0.25) is 5.01 Å². The molecule has 0 saturated carbocycles. The largest absolute Gasteiger partial charge is 0.497 e. The van der Waals surface area contributed by atoms with Gasteiger partial charge in [0.05, 0.1) is 12.8 Å². The van der Waals surface area contributed by atoms with Crippen LogP contribution in [0.2, 0.25) is 0 Å². The van der Waals surface area contributed by atoms with E-state index >= 15 is 0 Å². The molecule has 0 unspecified atom stereocenters. The van der Waals surface area contributed by atoms with Crippen LogP contribution in [0.5, 0.6) is 5.75 Å². The van der Waals surface area contributed by atoms with Crippen LogP contribution in [-0.2, 0) is 5.75 Å². The number of anilines is 2. The summed E-state index contributed by atoms with van der Waals surface area (Å²) in [6.07, 6.45) is 1.78. The molecular weight excluding hydrogens is 272 g/mol. The van der Waals surface area contributed by atoms with E-state index in [1.165, 1.54) is 10.6 Å². The summed E-state index contributed by atoms with van der Waals surface area (Å²) in [5, 5.41) is 1.41. The van der Waals surface area contributed by atoms with Crippen molar-refractivity contribution in [2.24, 2.45) is 5.84 Å². The molecule has 1 heterocycles. The molecule has 0 atom stereocenters. The SMILES string of the molecule is COc1ccc(CSc2cnc(N(C)N)c(N)c2)cc1. The van der Waals surface area contributed by atoms with E-state index < -0.39 is 0 Å². The Morgan fingerprint density at radius 2 is 2.00 bits per heavy atom. The summed E-state index contributed by atoms with van der Waals surface area (Å²) in [7, 11) is 3.37. The molecule has 1 aromatic heterocycles. The van der Waals surface area contributed by atoms with Crippen LogP contribution in [0.4, 0.5) is 11.5 Å². The standard InChI is InChI=1S/C14H18N4OS/c1-18(16)14-13(15)7-12(8-17-14)20-9-10-3-5-11(19-2)6-4-10/h3-8H,9,15-16H2,1-2H3. The summed E-state index contributed by atoms with van der Waals surface area (Å²) in [6.45, 7) is 0. The summed E-state index contributed by atoms with van der Waals surface area (Å²) in [5.74, 6) is 7.92. The van der Waals surface area contributed by atoms with Gasteiger partial charge in [-0.2, -0.15) is 0 Å². The van der Waals surface area contributed by atoms with E-state index in [2.05, 4.69) is 4.98 Å². The second kappa shape index (κ2) is 6.49. The van der Waals surface area contributed by atoms with Gasteiger partial charge in [-0.1, -0.05) is 12.1 Å². The van der Waals surface area contributed by atoms with Crippen molar-refractivity contribution in [1.82, 2.24) is 4.98 Å². The lowest BCUT2D eigenvalue weighted by molar-refractivity contribution is 0.414. The highest BCUT2D eigenvalue weighted by atomic mass is 32.2. The van der Waals surface area contributed by atoms with Crippen molar-refractivity contribution in [3.8, 4) is 5.75 Å². The summed E-state index contributed by atoms with van der Waals surface area (Å²) in [4.78, 5) is 5.27. The Morgan fingerprint density at radius 1 is 1.30 bits per heavy atom. The summed E-state index contributed by atoms with van der Waals surface area (Å²) >= 11 is 1.68. The molecule has 20 heavy (non-hydrogen) atoms. The van der Waals surface area contributed by atoms with Gasteiger partial charge in [0.25, 0.3) is 0 Å². The van der Waals surface area contributed by atoms with Crippen LogP contribution < -0.4 is 21.3 Å². The molecule has 2 rings (SSSR count). The number of ether oxygens (including phenoxy) is 1. The van der Waals surface area contributed by atoms with Gasteiger partial charge >= 0.3 is 0 Å². The van der Waals surface area contributed by atoms with Gasteiger partial charge in [0, 0.05) is 23.9 Å². The first-order valence-electron chi connectivity index (χ1n) is 6.10. The van der Waals surface area contributed by atoms with Crippen LogP contribution >= 0.6 is 11.8 Å². The maximum absolute atomic E-state index is 5.92. The molecule has 5 nitrogen and oxygen atoms in total. The second-order valence-corrected chi connectivity index (χ2v) is 5.38. The van der Waals surface area contributed by atoms with Gasteiger partial charge in [-0.25, -0.2) is 10.8 Å². The third kappa shape index (κ3) is 3.55. The Kier molecular flexibility index (Phi) is 4.70. The van der Waals surface area contributed by atoms with Crippen molar-refractivity contribution >= 4 is 23.3 Å². The van der Waals surface area contributed by atoms with Crippen molar-refractivity contribution in [2.45, 2.75) is 10.6 Å². The topological polar surface area (TPSA) is 77.4 Å². The Morgan fingerprint density at radius 3 is 2.55 bits per heavy atom. The molecule has 2 aromatic rings. The molecule has 6 heteroatoms. The molecule has 0 amide bonds. The van der Waals surface area contributed by atoms with E-state index in [0.29, 0.717) is 11.5 Å². The monoisotopic (exact) mass is 290 g/mol. The number of rotatable bonds is 5. The normalized spacial score (nSPS) is 10.3. The molecule has 0 aliphatic rings. The number of benzene rings is 1. The van der Waals surface area contributed by atoms with Crippen LogP contribution in [0, 0.1) is 0 Å². The Labute approximate surface area is 122 Å². The van der Waals surface area contributed by atoms with Crippen molar-refractivity contribution < 1.29 is 4.74 Å². The number of methoxy groups -OCH3 is 1. The Balaban J connectivity index is 2.01. The minimum atomic E-state index is 0.578. The third-order valence-electron chi connectivity index (χ3n) is 2.77. The average molecular weight is 290 g/mol. The van der Waals surface area contributed by atoms with E-state index in [9.17, 15) is 0 Å². The molecule has 0 aliphatic carbocycles. The predicted octanol–water partition coefficient (Wildman–Crippen LogP) is 2.27. The van der Waals surface area contributed by atoms with Gasteiger partial charge in [0.2, 0.25) is 0 Å². The van der Waals surface area contributed by atoms with Crippen molar-refractivity contribution in [3.63, 3.8) is 0 Å². The number of thioether (sulfide) groups is 1. The molecule has 1 aromatic carbocycles. The number of pyridine rings is 1. The first-order valence-corrected chi connectivity index (χ1v) is 7.08. The summed E-state index contributed by atoms with van der Waals surface area (Å²) < 4.78 is 5.13. The van der Waals surface area contributed by atoms with Crippen molar-refractivity contribution in [1.29, 1.82) is 0 Å². The maximum atomic E-state index is 5.92. The van der Waals surface area contributed by atoms with Crippen LogP contribution in [0.3, 0.4) is 0 Å². The lowest BCUT2D eigenvalue weighted by Gasteiger charge is -2.13. The number of hydrogen-bond donors (Lipinski definition) is 2. The number of nitrogen functional groups attached to an aromatic ring is 1. The van der Waals surface area contributed by atoms with Gasteiger partial charge < -0.3 is 10.5 Å². The molecule has 0 aliphatic heterocycles. The van der Waals surface area contributed by atoms with Crippen LogP contribution in [0.25, 0.3) is 0 Å². The summed E-state index contributed by atoms with van der Waals surface area (Å²) in [5.41, 5.74) is 7.71. The first kappa shape index (κ1) is 14.5. The van der Waals surface area contributed by atoms with Crippen LogP contribution in [0.15, 0.2) is 41.4 Å². The van der Waals surface area contributed by atoms with E-state index in [1.807, 2.05) is 30.3 Å². The first-order chi connectivity index (χ1) is 9.60. The van der Waals surface area contributed by atoms with Gasteiger partial charge in [-0.05, 0) is 23.8 Å². The van der Waals surface area contributed by atoms with Crippen molar-refractivity contribution in [2.75, 3.05) is 24.9 Å². The molecule has 0 spiro atoms. The van der Waals surface area contributed by atoms with E-state index in [1.54, 1.807) is 32.1 Å². The minimum absolute atomic E-state index is 0.578. The average Bonchev–Trinajstić information content (AvgIpc) is 2.45. The predicted molar refractivity (Wildman–Crippen MR) is 83.8 cm³/mol. The molecule has 0 bridgehead atoms. The number of hydrogen-bond acceptors (Lipinski definition) is 6. The zero-order valence-corrected chi connectivity index (χ0v) is 12.4. The Hall–Kier alpha value is -1.92. The van der Waals surface area contributed by atoms with Crippen molar-refractivity contribution in [3.05, 3.63) is 42.1 Å². The molecule has 4 N–H and O–H groups in total. The van der Waals surface area contributed by atoms with Gasteiger partial charge in [0.1, 0.15) is 5.75 Å². The molecule has 0 saturated heterocycles. The van der Waals surface area contributed by atoms with Gasteiger partial charge in [-0.15, -0.1) is 11.8 Å². The minimum Gasteiger partial charge on any atom is -0.497 e. The number of nitrogens with two attached hydrogens (primary N) is 2. The summed E-state index contributed by atoms with van der Waals surface area (Å²) in [6, 6.07) is 9.89. The maximum Gasteiger partial charge on any atom is 0.165 e. The lowest BCUT2D eigenvalue weighted by Crippen LogP contribution is -2.27. The molecular formula is C14H18N4OS. The fourth-order valence-corrected chi connectivity index (χ4v) is 2.58. The second-order valence-electron chi connectivity index (χ2n) is 4.33. The smallest absolute Gasteiger partial charge is 0.165 e. The Bertz CT molecular complexity index is 572. The quantitative estimate of drug-likeness (QED) is 0.500. The number of aromatic nitrogens is 1. The lowest BCUT2D eigenvalue weighted by atomic mass is 10.2. The zero-order valence-electron chi connectivity index (χ0n) is 11.5. The van der Waals surface area contributed by atoms with Crippen LogP contribution in [0.1, 0.15) is 5.56 Å². The van der Waals surface area contributed by atoms with Crippen LogP contribution in [-0.4, -0.2) is 19.1 Å². The fourth-order valence-electron chi connectivity index (χ4n) is 1.72. The highest BCUT2D eigenvalue weighted by Crippen LogP contribution is 2.27. The molecule has 0 fully saturated rings. The zero-order chi connectivity index (χ0) is 14.5. The van der Waals surface area contributed by atoms with E-state index in [0.717, 1.165) is 16.4 Å². The molecule has 0 radical (unpaired) electrons. The van der Waals surface area contributed by atoms with E-state index in [4.69, 9.17) is 16.3 Å². The third-order valence-corrected chi connectivity index (χ3v) is 3.80. The highest BCUT2D eigenvalue weighted by Gasteiger charge is 2.05. The fraction of sp³-hybridized carbons (Fsp3) is 0.214. The van der Waals surface area contributed by atoms with Gasteiger partial charge in [0.15, 0.2) is 5.82 Å². The van der Waals surface area contributed by atoms with E-state index in [-0.39, 0.29) is 0 Å². The molecule has 106 valence electrons.